The van der Waals surface area contributed by atoms with Gasteiger partial charge in [-0.25, -0.2) is 9.97 Å². The molecular weight excluding hydrogens is 394 g/mol. The topological polar surface area (TPSA) is 67.5 Å². The largest absolute Gasteiger partial charge is 0.481 e. The highest BCUT2D eigenvalue weighted by Gasteiger charge is 2.15. The number of rotatable bonds is 2. The van der Waals surface area contributed by atoms with Gasteiger partial charge in [-0.3, -0.25) is 9.20 Å². The van der Waals surface area contributed by atoms with Crippen molar-refractivity contribution in [2.24, 2.45) is 0 Å². The quantitative estimate of drug-likeness (QED) is 0.510. The van der Waals surface area contributed by atoms with E-state index in [1.807, 2.05) is 47.0 Å². The molecule has 2 heterocycles. The number of benzene rings is 2. The molecule has 2 aromatic carbocycles. The molecule has 4 rings (SSSR count). The first-order valence-corrected chi connectivity index (χ1v) is 8.69. The number of aliphatic carboxylic acids is 1. The van der Waals surface area contributed by atoms with Crippen LogP contribution in [0.5, 0.6) is 0 Å². The van der Waals surface area contributed by atoms with Gasteiger partial charge in [0.05, 0.1) is 11.4 Å². The molecule has 0 bridgehead atoms. The maximum Gasteiger partial charge on any atom is 0.300 e. The Labute approximate surface area is 159 Å². The van der Waals surface area contributed by atoms with Gasteiger partial charge in [-0.1, -0.05) is 58.4 Å². The zero-order valence-corrected chi connectivity index (χ0v) is 15.6. The van der Waals surface area contributed by atoms with Gasteiger partial charge < -0.3 is 5.11 Å². The van der Waals surface area contributed by atoms with Gasteiger partial charge in [-0.15, -0.1) is 0 Å². The fraction of sp³-hybridized carbons (Fsp3) is 0.0500. The van der Waals surface area contributed by atoms with Crippen LogP contribution >= 0.6 is 15.9 Å². The zero-order chi connectivity index (χ0) is 18.5. The summed E-state index contributed by atoms with van der Waals surface area (Å²) in [7, 11) is 0. The van der Waals surface area contributed by atoms with E-state index in [1.54, 1.807) is 6.20 Å². The van der Waals surface area contributed by atoms with Crippen molar-refractivity contribution in [3.63, 3.8) is 0 Å². The van der Waals surface area contributed by atoms with Crippen LogP contribution < -0.4 is 0 Å². The summed E-state index contributed by atoms with van der Waals surface area (Å²) in [4.78, 5) is 18.1. The average molecular weight is 410 g/mol. The SMILES string of the molecule is Brc1ccc(-c2c(-c3ccccc3)nc3ncccn23)cc1.CC(=O)O. The number of imidazole rings is 1. The molecule has 0 saturated heterocycles. The summed E-state index contributed by atoms with van der Waals surface area (Å²) in [5.41, 5.74) is 4.21. The van der Waals surface area contributed by atoms with Gasteiger partial charge in [0.1, 0.15) is 0 Å². The molecule has 1 N–H and O–H groups in total. The van der Waals surface area contributed by atoms with E-state index in [9.17, 15) is 0 Å². The lowest BCUT2D eigenvalue weighted by Crippen LogP contribution is -1.90. The van der Waals surface area contributed by atoms with Crippen LogP contribution in [0, 0.1) is 0 Å². The van der Waals surface area contributed by atoms with Crippen LogP contribution in [-0.2, 0) is 4.79 Å². The van der Waals surface area contributed by atoms with Crippen molar-refractivity contribution in [3.8, 4) is 22.5 Å². The molecule has 130 valence electrons. The second-order valence-corrected chi connectivity index (χ2v) is 6.41. The molecule has 0 unspecified atom stereocenters. The molecule has 5 nitrogen and oxygen atoms in total. The van der Waals surface area contributed by atoms with Crippen LogP contribution in [0.25, 0.3) is 28.3 Å². The van der Waals surface area contributed by atoms with Crippen molar-refractivity contribution in [2.45, 2.75) is 6.92 Å². The smallest absolute Gasteiger partial charge is 0.300 e. The monoisotopic (exact) mass is 409 g/mol. The Balaban J connectivity index is 0.000000447. The number of carboxylic acids is 1. The van der Waals surface area contributed by atoms with Gasteiger partial charge in [0.25, 0.3) is 5.97 Å². The van der Waals surface area contributed by atoms with Crippen molar-refractivity contribution in [3.05, 3.63) is 77.5 Å². The van der Waals surface area contributed by atoms with Gasteiger partial charge in [-0.2, -0.15) is 0 Å². The van der Waals surface area contributed by atoms with Gasteiger partial charge in [-0.05, 0) is 18.2 Å². The molecule has 2 aromatic heterocycles. The summed E-state index contributed by atoms with van der Waals surface area (Å²) < 4.78 is 3.09. The zero-order valence-electron chi connectivity index (χ0n) is 14.0. The Bertz CT molecular complexity index is 1020. The Morgan fingerprint density at radius 2 is 1.65 bits per heavy atom. The van der Waals surface area contributed by atoms with Gasteiger partial charge >= 0.3 is 0 Å². The normalized spacial score (nSPS) is 10.2. The standard InChI is InChI=1S/C18H12BrN3.C2H4O2/c19-15-9-7-14(8-10-15)17-16(13-5-2-1-3-6-13)21-18-20-11-4-12-22(17)18;1-2(3)4/h1-12H;1H3,(H,3,4). The third-order valence-electron chi connectivity index (χ3n) is 3.57. The summed E-state index contributed by atoms with van der Waals surface area (Å²) in [5, 5.41) is 7.42. The van der Waals surface area contributed by atoms with Crippen LogP contribution in [-0.4, -0.2) is 25.4 Å². The first kappa shape index (κ1) is 17.8. The fourth-order valence-electron chi connectivity index (χ4n) is 2.57. The Kier molecular flexibility index (Phi) is 5.43. The van der Waals surface area contributed by atoms with Crippen LogP contribution in [0.15, 0.2) is 77.5 Å². The molecule has 0 aliphatic heterocycles. The Morgan fingerprint density at radius 1 is 1.00 bits per heavy atom. The van der Waals surface area contributed by atoms with E-state index in [-0.39, 0.29) is 0 Å². The minimum absolute atomic E-state index is 0.708. The van der Waals surface area contributed by atoms with E-state index < -0.39 is 5.97 Å². The van der Waals surface area contributed by atoms with Crippen molar-refractivity contribution in [2.75, 3.05) is 0 Å². The molecule has 0 aliphatic rings. The molecule has 6 heteroatoms. The first-order valence-electron chi connectivity index (χ1n) is 7.90. The second-order valence-electron chi connectivity index (χ2n) is 5.49. The van der Waals surface area contributed by atoms with Crippen LogP contribution in [0.1, 0.15) is 6.92 Å². The lowest BCUT2D eigenvalue weighted by Gasteiger charge is -2.05. The van der Waals surface area contributed by atoms with E-state index >= 15 is 0 Å². The molecule has 0 saturated carbocycles. The maximum absolute atomic E-state index is 9.00. The number of fused-ring (bicyclic) bond motifs is 1. The number of nitrogens with zero attached hydrogens (tertiary/aromatic N) is 3. The van der Waals surface area contributed by atoms with E-state index in [2.05, 4.69) is 45.2 Å². The van der Waals surface area contributed by atoms with E-state index in [4.69, 9.17) is 14.9 Å². The summed E-state index contributed by atoms with van der Waals surface area (Å²) in [6.07, 6.45) is 3.77. The van der Waals surface area contributed by atoms with Crippen molar-refractivity contribution in [1.29, 1.82) is 0 Å². The van der Waals surface area contributed by atoms with Crippen LogP contribution in [0.2, 0.25) is 0 Å². The van der Waals surface area contributed by atoms with E-state index in [1.165, 1.54) is 0 Å². The van der Waals surface area contributed by atoms with Crippen molar-refractivity contribution >= 4 is 27.7 Å². The molecular formula is C20H16BrN3O2. The Hall–Kier alpha value is -2.99. The number of carbonyl (C=O) groups is 1. The van der Waals surface area contributed by atoms with Gasteiger partial charge in [0, 0.05) is 34.9 Å². The molecule has 0 aliphatic carbocycles. The molecule has 0 spiro atoms. The van der Waals surface area contributed by atoms with Gasteiger partial charge in [0.15, 0.2) is 0 Å². The fourth-order valence-corrected chi connectivity index (χ4v) is 2.83. The summed E-state index contributed by atoms with van der Waals surface area (Å²) >= 11 is 3.49. The van der Waals surface area contributed by atoms with E-state index in [0.717, 1.165) is 33.9 Å². The third kappa shape index (κ3) is 3.97. The summed E-state index contributed by atoms with van der Waals surface area (Å²) in [6, 6.07) is 20.4. The maximum atomic E-state index is 9.00. The third-order valence-corrected chi connectivity index (χ3v) is 4.10. The highest BCUT2D eigenvalue weighted by molar-refractivity contribution is 9.10. The Morgan fingerprint density at radius 3 is 2.31 bits per heavy atom. The minimum atomic E-state index is -0.833. The second kappa shape index (κ2) is 7.93. The number of carboxylic acid groups (broad SMARTS) is 1. The number of halogens is 1. The lowest BCUT2D eigenvalue weighted by molar-refractivity contribution is -0.134. The minimum Gasteiger partial charge on any atom is -0.481 e. The molecule has 0 atom stereocenters. The van der Waals surface area contributed by atoms with Crippen LogP contribution in [0.3, 0.4) is 0 Å². The number of hydrogen-bond donors (Lipinski definition) is 1. The molecule has 0 fully saturated rings. The first-order chi connectivity index (χ1) is 12.6. The summed E-state index contributed by atoms with van der Waals surface area (Å²) in [5.74, 6) is -0.126. The highest BCUT2D eigenvalue weighted by Crippen LogP contribution is 2.32. The predicted octanol–water partition coefficient (Wildman–Crippen LogP) is 4.92. The lowest BCUT2D eigenvalue weighted by atomic mass is 10.1. The average Bonchev–Trinajstić information content (AvgIpc) is 3.02. The van der Waals surface area contributed by atoms with Crippen molar-refractivity contribution < 1.29 is 9.90 Å². The van der Waals surface area contributed by atoms with Gasteiger partial charge in [0.2, 0.25) is 5.78 Å². The predicted molar refractivity (Wildman–Crippen MR) is 105 cm³/mol. The molecule has 26 heavy (non-hydrogen) atoms. The molecule has 0 amide bonds. The molecule has 0 radical (unpaired) electrons. The number of aromatic nitrogens is 3. The van der Waals surface area contributed by atoms with E-state index in [0.29, 0.717) is 5.78 Å². The van der Waals surface area contributed by atoms with Crippen LogP contribution in [0.4, 0.5) is 0 Å². The molecule has 4 aromatic rings. The van der Waals surface area contributed by atoms with Crippen molar-refractivity contribution in [1.82, 2.24) is 14.4 Å². The highest BCUT2D eigenvalue weighted by atomic mass is 79.9. The number of hydrogen-bond acceptors (Lipinski definition) is 3. The summed E-state index contributed by atoms with van der Waals surface area (Å²) in [6.45, 7) is 1.08.